The van der Waals surface area contributed by atoms with Crippen LogP contribution in [0.5, 0.6) is 0 Å². The van der Waals surface area contributed by atoms with Crippen LogP contribution in [0.3, 0.4) is 0 Å². The molecule has 0 rings (SSSR count). The van der Waals surface area contributed by atoms with Crippen molar-refractivity contribution in [2.45, 2.75) is 17.7 Å². The molecule has 0 radical (unpaired) electrons. The summed E-state index contributed by atoms with van der Waals surface area (Å²) in [5.41, 5.74) is 0. The summed E-state index contributed by atoms with van der Waals surface area (Å²) in [5.74, 6) is 0. The zero-order chi connectivity index (χ0) is 6.41. The standard InChI is InChI=1S/C5H11BrO2/c6-5(4-8)2-1-3-7/h5,7-8H,1-4H2. The van der Waals surface area contributed by atoms with E-state index in [2.05, 4.69) is 15.9 Å². The second-order valence-electron chi connectivity index (χ2n) is 1.65. The van der Waals surface area contributed by atoms with Gasteiger partial charge in [0.15, 0.2) is 0 Å². The predicted molar refractivity (Wildman–Crippen MR) is 36.1 cm³/mol. The number of aliphatic hydroxyl groups is 2. The molecule has 2 N–H and O–H groups in total. The Labute approximate surface area is 57.7 Å². The van der Waals surface area contributed by atoms with E-state index < -0.39 is 0 Å². The maximum atomic E-state index is 8.43. The van der Waals surface area contributed by atoms with Crippen LogP contribution in [0.4, 0.5) is 0 Å². The first-order valence-corrected chi connectivity index (χ1v) is 3.58. The van der Waals surface area contributed by atoms with Crippen molar-refractivity contribution in [3.8, 4) is 0 Å². The van der Waals surface area contributed by atoms with Gasteiger partial charge in [0, 0.05) is 11.4 Å². The molecule has 8 heavy (non-hydrogen) atoms. The molecule has 0 aliphatic carbocycles. The minimum absolute atomic E-state index is 0.153. The molecular weight excluding hydrogens is 172 g/mol. The fraction of sp³-hybridized carbons (Fsp3) is 1.00. The van der Waals surface area contributed by atoms with Crippen molar-refractivity contribution < 1.29 is 10.2 Å². The van der Waals surface area contributed by atoms with Gasteiger partial charge in [-0.2, -0.15) is 0 Å². The van der Waals surface area contributed by atoms with Crippen LogP contribution < -0.4 is 0 Å². The van der Waals surface area contributed by atoms with Gasteiger partial charge in [0.1, 0.15) is 0 Å². The monoisotopic (exact) mass is 182 g/mol. The molecule has 0 aromatic heterocycles. The molecule has 3 heteroatoms. The van der Waals surface area contributed by atoms with Gasteiger partial charge >= 0.3 is 0 Å². The first kappa shape index (κ1) is 8.40. The van der Waals surface area contributed by atoms with Gasteiger partial charge in [0.25, 0.3) is 0 Å². The van der Waals surface area contributed by atoms with Gasteiger partial charge in [-0.3, -0.25) is 0 Å². The lowest BCUT2D eigenvalue weighted by Gasteiger charge is -2.01. The van der Waals surface area contributed by atoms with Crippen LogP contribution in [0.1, 0.15) is 12.8 Å². The van der Waals surface area contributed by atoms with Crippen LogP contribution in [-0.4, -0.2) is 28.3 Å². The van der Waals surface area contributed by atoms with E-state index in [9.17, 15) is 0 Å². The highest BCUT2D eigenvalue weighted by molar-refractivity contribution is 9.09. The average molecular weight is 183 g/mol. The molecule has 2 nitrogen and oxygen atoms in total. The average Bonchev–Trinajstić information content (AvgIpc) is 1.83. The second kappa shape index (κ2) is 5.54. The minimum atomic E-state index is 0.153. The summed E-state index contributed by atoms with van der Waals surface area (Å²) < 4.78 is 0. The third kappa shape index (κ3) is 4.56. The first-order chi connectivity index (χ1) is 3.81. The molecule has 0 bridgehead atoms. The molecule has 0 spiro atoms. The number of hydrogen-bond acceptors (Lipinski definition) is 2. The summed E-state index contributed by atoms with van der Waals surface area (Å²) in [6.07, 6.45) is 1.60. The van der Waals surface area contributed by atoms with Crippen LogP contribution >= 0.6 is 15.9 Å². The summed E-state index contributed by atoms with van der Waals surface area (Å²) in [5, 5.41) is 16.7. The lowest BCUT2D eigenvalue weighted by atomic mass is 10.2. The Morgan fingerprint density at radius 3 is 2.38 bits per heavy atom. The van der Waals surface area contributed by atoms with Gasteiger partial charge in [0.05, 0.1) is 6.61 Å². The smallest absolute Gasteiger partial charge is 0.0556 e. The Balaban J connectivity index is 2.86. The fourth-order valence-electron chi connectivity index (χ4n) is 0.404. The summed E-state index contributed by atoms with van der Waals surface area (Å²) in [4.78, 5) is 0.162. The lowest BCUT2D eigenvalue weighted by Crippen LogP contribution is -2.03. The molecule has 0 fully saturated rings. The lowest BCUT2D eigenvalue weighted by molar-refractivity contribution is 0.262. The highest BCUT2D eigenvalue weighted by Gasteiger charge is 1.98. The normalized spacial score (nSPS) is 13.9. The Kier molecular flexibility index (Phi) is 5.81. The van der Waals surface area contributed by atoms with E-state index in [1.54, 1.807) is 0 Å². The molecule has 0 aliphatic rings. The fourth-order valence-corrected chi connectivity index (χ4v) is 0.728. The molecule has 0 saturated carbocycles. The highest BCUT2D eigenvalue weighted by atomic mass is 79.9. The quantitative estimate of drug-likeness (QED) is 0.623. The summed E-state index contributed by atoms with van der Waals surface area (Å²) in [7, 11) is 0. The van der Waals surface area contributed by atoms with E-state index in [-0.39, 0.29) is 18.0 Å². The third-order valence-electron chi connectivity index (χ3n) is 0.874. The molecule has 0 amide bonds. The first-order valence-electron chi connectivity index (χ1n) is 2.67. The van der Waals surface area contributed by atoms with Crippen LogP contribution in [0.25, 0.3) is 0 Å². The highest BCUT2D eigenvalue weighted by Crippen LogP contribution is 2.05. The largest absolute Gasteiger partial charge is 0.396 e. The molecule has 50 valence electrons. The third-order valence-corrected chi connectivity index (χ3v) is 1.62. The van der Waals surface area contributed by atoms with Crippen molar-refractivity contribution in [2.24, 2.45) is 0 Å². The van der Waals surface area contributed by atoms with Crippen LogP contribution in [0, 0.1) is 0 Å². The van der Waals surface area contributed by atoms with Crippen molar-refractivity contribution in [1.82, 2.24) is 0 Å². The zero-order valence-corrected chi connectivity index (χ0v) is 6.26. The molecule has 0 aliphatic heterocycles. The van der Waals surface area contributed by atoms with E-state index >= 15 is 0 Å². The summed E-state index contributed by atoms with van der Waals surface area (Å²) >= 11 is 3.22. The molecular formula is C5H11BrO2. The topological polar surface area (TPSA) is 40.5 Å². The van der Waals surface area contributed by atoms with E-state index in [4.69, 9.17) is 10.2 Å². The number of halogens is 1. The van der Waals surface area contributed by atoms with Crippen LogP contribution in [-0.2, 0) is 0 Å². The summed E-state index contributed by atoms with van der Waals surface area (Å²) in [6.45, 7) is 0.363. The van der Waals surface area contributed by atoms with Crippen molar-refractivity contribution in [3.63, 3.8) is 0 Å². The zero-order valence-electron chi connectivity index (χ0n) is 4.68. The number of hydrogen-bond donors (Lipinski definition) is 2. The Morgan fingerprint density at radius 1 is 1.38 bits per heavy atom. The van der Waals surface area contributed by atoms with Crippen molar-refractivity contribution >= 4 is 15.9 Å². The van der Waals surface area contributed by atoms with Crippen LogP contribution in [0.2, 0.25) is 0 Å². The van der Waals surface area contributed by atoms with E-state index in [1.807, 2.05) is 0 Å². The van der Waals surface area contributed by atoms with Crippen molar-refractivity contribution in [3.05, 3.63) is 0 Å². The Morgan fingerprint density at radius 2 is 2.00 bits per heavy atom. The molecule has 0 aromatic rings. The SMILES string of the molecule is OCCCC(Br)CO. The maximum absolute atomic E-state index is 8.43. The molecule has 1 atom stereocenters. The van der Waals surface area contributed by atoms with E-state index in [1.165, 1.54) is 0 Å². The van der Waals surface area contributed by atoms with Gasteiger partial charge in [-0.15, -0.1) is 0 Å². The summed E-state index contributed by atoms with van der Waals surface area (Å²) in [6, 6.07) is 0. The Hall–Kier alpha value is 0.400. The van der Waals surface area contributed by atoms with Crippen LogP contribution in [0.15, 0.2) is 0 Å². The molecule has 0 heterocycles. The van der Waals surface area contributed by atoms with E-state index in [0.29, 0.717) is 0 Å². The molecule has 1 unspecified atom stereocenters. The van der Waals surface area contributed by atoms with Gasteiger partial charge in [-0.05, 0) is 12.8 Å². The van der Waals surface area contributed by atoms with Crippen molar-refractivity contribution in [1.29, 1.82) is 0 Å². The number of alkyl halides is 1. The molecule has 0 aromatic carbocycles. The maximum Gasteiger partial charge on any atom is 0.0556 e. The Bertz CT molecular complexity index is 49.7. The molecule has 0 saturated heterocycles. The van der Waals surface area contributed by atoms with E-state index in [0.717, 1.165) is 12.8 Å². The minimum Gasteiger partial charge on any atom is -0.396 e. The van der Waals surface area contributed by atoms with Gasteiger partial charge in [-0.25, -0.2) is 0 Å². The van der Waals surface area contributed by atoms with Gasteiger partial charge in [-0.1, -0.05) is 15.9 Å². The van der Waals surface area contributed by atoms with Gasteiger partial charge < -0.3 is 10.2 Å². The van der Waals surface area contributed by atoms with Gasteiger partial charge in [0.2, 0.25) is 0 Å². The predicted octanol–water partition coefficient (Wildman–Crippen LogP) is 0.515. The van der Waals surface area contributed by atoms with Crippen molar-refractivity contribution in [2.75, 3.05) is 13.2 Å². The number of rotatable bonds is 4. The second-order valence-corrected chi connectivity index (χ2v) is 2.94. The number of aliphatic hydroxyl groups excluding tert-OH is 2.